The van der Waals surface area contributed by atoms with Crippen molar-refractivity contribution >= 4 is 5.97 Å². The van der Waals surface area contributed by atoms with Crippen molar-refractivity contribution in [3.63, 3.8) is 0 Å². The lowest BCUT2D eigenvalue weighted by Gasteiger charge is -2.24. The number of ether oxygens (including phenoxy) is 2. The number of methoxy groups -OCH3 is 1. The molecule has 0 amide bonds. The van der Waals surface area contributed by atoms with Gasteiger partial charge in [0.2, 0.25) is 0 Å². The molecule has 3 nitrogen and oxygen atoms in total. The van der Waals surface area contributed by atoms with Crippen LogP contribution in [0.25, 0.3) is 0 Å². The van der Waals surface area contributed by atoms with E-state index in [0.29, 0.717) is 0 Å². The molecule has 0 aliphatic carbocycles. The Balaban J connectivity index is 2.40. The molecule has 0 saturated heterocycles. The highest BCUT2D eigenvalue weighted by Gasteiger charge is 2.37. The Bertz CT molecular complexity index is 369. The molecule has 2 rings (SSSR count). The van der Waals surface area contributed by atoms with E-state index in [0.717, 1.165) is 5.56 Å². The minimum atomic E-state index is -1.03. The Labute approximate surface area is 81.9 Å². The van der Waals surface area contributed by atoms with Crippen LogP contribution in [0.4, 0.5) is 0 Å². The van der Waals surface area contributed by atoms with Crippen molar-refractivity contribution in [3.8, 4) is 0 Å². The van der Waals surface area contributed by atoms with Crippen LogP contribution in [0.5, 0.6) is 0 Å². The van der Waals surface area contributed by atoms with Gasteiger partial charge in [-0.05, 0) is 6.08 Å². The maximum absolute atomic E-state index is 11.0. The number of esters is 1. The number of benzene rings is 1. The molecule has 0 spiro atoms. The van der Waals surface area contributed by atoms with Gasteiger partial charge in [-0.25, -0.2) is 4.79 Å². The van der Waals surface area contributed by atoms with Gasteiger partial charge in [0.05, 0.1) is 0 Å². The van der Waals surface area contributed by atoms with Gasteiger partial charge in [-0.1, -0.05) is 30.3 Å². The number of rotatable bonds is 2. The molecule has 1 heterocycles. The van der Waals surface area contributed by atoms with Gasteiger partial charge >= 0.3 is 5.97 Å². The Hall–Kier alpha value is -1.61. The van der Waals surface area contributed by atoms with Crippen LogP contribution in [-0.4, -0.2) is 13.1 Å². The van der Waals surface area contributed by atoms with E-state index in [1.54, 1.807) is 6.08 Å². The zero-order valence-electron chi connectivity index (χ0n) is 7.77. The summed E-state index contributed by atoms with van der Waals surface area (Å²) in [5.74, 6) is -1.41. The Morgan fingerprint density at radius 2 is 2.00 bits per heavy atom. The van der Waals surface area contributed by atoms with Gasteiger partial charge in [-0.15, -0.1) is 0 Å². The summed E-state index contributed by atoms with van der Waals surface area (Å²) in [5.41, 5.74) is 0.810. The lowest BCUT2D eigenvalue weighted by Crippen LogP contribution is -2.27. The number of cyclic esters (lactones) is 1. The van der Waals surface area contributed by atoms with Gasteiger partial charge in [0.25, 0.3) is 5.79 Å². The van der Waals surface area contributed by atoms with Crippen molar-refractivity contribution in [3.05, 3.63) is 48.0 Å². The SMILES string of the molecule is CO[C@@]1(c2ccccc2)C=CC(=O)O1. The first-order valence-corrected chi connectivity index (χ1v) is 4.30. The number of carbonyl (C=O) groups excluding carboxylic acids is 1. The largest absolute Gasteiger partial charge is 0.422 e. The summed E-state index contributed by atoms with van der Waals surface area (Å²) in [6, 6.07) is 9.35. The topological polar surface area (TPSA) is 35.5 Å². The highest BCUT2D eigenvalue weighted by atomic mass is 16.7. The second-order valence-electron chi connectivity index (χ2n) is 2.99. The summed E-state index contributed by atoms with van der Waals surface area (Å²) in [6.07, 6.45) is 2.99. The molecule has 1 aliphatic heterocycles. The average Bonchev–Trinajstić information content (AvgIpc) is 2.63. The molecule has 1 aliphatic rings. The van der Waals surface area contributed by atoms with Crippen molar-refractivity contribution in [2.24, 2.45) is 0 Å². The summed E-state index contributed by atoms with van der Waals surface area (Å²) in [4.78, 5) is 11.0. The van der Waals surface area contributed by atoms with Crippen molar-refractivity contribution in [1.82, 2.24) is 0 Å². The fourth-order valence-electron chi connectivity index (χ4n) is 1.45. The smallest absolute Gasteiger partial charge is 0.333 e. The molecule has 0 bridgehead atoms. The monoisotopic (exact) mass is 190 g/mol. The van der Waals surface area contributed by atoms with Crippen LogP contribution in [0.1, 0.15) is 5.56 Å². The minimum absolute atomic E-state index is 0.379. The van der Waals surface area contributed by atoms with Crippen LogP contribution in [0, 0.1) is 0 Å². The lowest BCUT2D eigenvalue weighted by atomic mass is 10.1. The first kappa shape index (κ1) is 8.97. The summed E-state index contributed by atoms with van der Waals surface area (Å²) in [7, 11) is 1.51. The van der Waals surface area contributed by atoms with Crippen molar-refractivity contribution in [2.75, 3.05) is 7.11 Å². The zero-order chi connectivity index (χ0) is 10.0. The third-order valence-electron chi connectivity index (χ3n) is 2.17. The number of hydrogen-bond donors (Lipinski definition) is 0. The van der Waals surface area contributed by atoms with E-state index in [4.69, 9.17) is 9.47 Å². The van der Waals surface area contributed by atoms with Crippen LogP contribution in [0.15, 0.2) is 42.5 Å². The summed E-state index contributed by atoms with van der Waals surface area (Å²) in [5, 5.41) is 0. The molecular formula is C11H10O3. The molecule has 0 aromatic heterocycles. The Morgan fingerprint density at radius 3 is 2.50 bits per heavy atom. The maximum Gasteiger partial charge on any atom is 0.333 e. The average molecular weight is 190 g/mol. The van der Waals surface area contributed by atoms with E-state index in [2.05, 4.69) is 0 Å². The molecule has 0 radical (unpaired) electrons. The second-order valence-corrected chi connectivity index (χ2v) is 2.99. The van der Waals surface area contributed by atoms with E-state index >= 15 is 0 Å². The Morgan fingerprint density at radius 1 is 1.29 bits per heavy atom. The summed E-state index contributed by atoms with van der Waals surface area (Å²) in [6.45, 7) is 0. The van der Waals surface area contributed by atoms with Gasteiger partial charge in [-0.2, -0.15) is 0 Å². The lowest BCUT2D eigenvalue weighted by molar-refractivity contribution is -0.192. The summed E-state index contributed by atoms with van der Waals surface area (Å²) >= 11 is 0. The molecule has 3 heteroatoms. The third kappa shape index (κ3) is 1.32. The van der Waals surface area contributed by atoms with Gasteiger partial charge in [0, 0.05) is 18.7 Å². The maximum atomic E-state index is 11.0. The molecule has 14 heavy (non-hydrogen) atoms. The third-order valence-corrected chi connectivity index (χ3v) is 2.17. The minimum Gasteiger partial charge on any atom is -0.422 e. The van der Waals surface area contributed by atoms with Gasteiger partial charge < -0.3 is 9.47 Å². The predicted molar refractivity (Wildman–Crippen MR) is 50.4 cm³/mol. The van der Waals surface area contributed by atoms with Crippen molar-refractivity contribution in [1.29, 1.82) is 0 Å². The molecule has 0 unspecified atom stereocenters. The normalized spacial score (nSPS) is 25.1. The van der Waals surface area contributed by atoms with Crippen LogP contribution >= 0.6 is 0 Å². The molecule has 1 aromatic rings. The standard InChI is InChI=1S/C11H10O3/c1-13-11(8-7-10(12)14-11)9-5-3-2-4-6-9/h2-8H,1H3/t11-/m0/s1. The fourth-order valence-corrected chi connectivity index (χ4v) is 1.45. The van der Waals surface area contributed by atoms with Gasteiger partial charge in [0.15, 0.2) is 0 Å². The fraction of sp³-hybridized carbons (Fsp3) is 0.182. The number of carbonyl (C=O) groups is 1. The van der Waals surface area contributed by atoms with Crippen LogP contribution < -0.4 is 0 Å². The molecule has 1 aromatic carbocycles. The van der Waals surface area contributed by atoms with Crippen molar-refractivity contribution < 1.29 is 14.3 Å². The van der Waals surface area contributed by atoms with Gasteiger partial charge in [-0.3, -0.25) is 0 Å². The van der Waals surface area contributed by atoms with E-state index in [1.807, 2.05) is 30.3 Å². The molecule has 0 fully saturated rings. The van der Waals surface area contributed by atoms with Crippen LogP contribution in [0.3, 0.4) is 0 Å². The first-order valence-electron chi connectivity index (χ1n) is 4.30. The molecule has 0 N–H and O–H groups in total. The van der Waals surface area contributed by atoms with Crippen LogP contribution in [0.2, 0.25) is 0 Å². The van der Waals surface area contributed by atoms with E-state index in [-0.39, 0.29) is 5.97 Å². The van der Waals surface area contributed by atoms with Crippen molar-refractivity contribution in [2.45, 2.75) is 5.79 Å². The molecule has 0 saturated carbocycles. The molecule has 72 valence electrons. The zero-order valence-corrected chi connectivity index (χ0v) is 7.77. The predicted octanol–water partition coefficient (Wildman–Crippen LogP) is 1.60. The summed E-state index contributed by atoms with van der Waals surface area (Å²) < 4.78 is 10.3. The van der Waals surface area contributed by atoms with Gasteiger partial charge in [0.1, 0.15) is 0 Å². The van der Waals surface area contributed by atoms with E-state index in [9.17, 15) is 4.79 Å². The molecular weight excluding hydrogens is 180 g/mol. The van der Waals surface area contributed by atoms with E-state index < -0.39 is 5.79 Å². The first-order chi connectivity index (χ1) is 6.77. The number of hydrogen-bond acceptors (Lipinski definition) is 3. The van der Waals surface area contributed by atoms with Crippen LogP contribution in [-0.2, 0) is 20.1 Å². The van der Waals surface area contributed by atoms with E-state index in [1.165, 1.54) is 13.2 Å². The second kappa shape index (κ2) is 3.27. The molecule has 1 atom stereocenters. The highest BCUT2D eigenvalue weighted by Crippen LogP contribution is 2.32. The quantitative estimate of drug-likeness (QED) is 0.664. The Kier molecular flexibility index (Phi) is 2.09. The highest BCUT2D eigenvalue weighted by molar-refractivity contribution is 5.85.